The molecule has 0 aromatic heterocycles. The van der Waals surface area contributed by atoms with Crippen LogP contribution in [0, 0.1) is 5.82 Å². The molecule has 0 bridgehead atoms. The predicted octanol–water partition coefficient (Wildman–Crippen LogP) is 2.07. The molecule has 0 saturated heterocycles. The number of anilines is 1. The van der Waals surface area contributed by atoms with Crippen molar-refractivity contribution < 1.29 is 12.8 Å². The Morgan fingerprint density at radius 2 is 2.16 bits per heavy atom. The first-order valence-corrected chi connectivity index (χ1v) is 8.53. The van der Waals surface area contributed by atoms with Crippen molar-refractivity contribution in [1.29, 1.82) is 0 Å². The number of nitrogens with two attached hydrogens (primary N) is 1. The van der Waals surface area contributed by atoms with Crippen molar-refractivity contribution in [2.24, 2.45) is 5.73 Å². The lowest BCUT2D eigenvalue weighted by Crippen LogP contribution is -2.18. The van der Waals surface area contributed by atoms with E-state index in [-0.39, 0.29) is 33.2 Å². The van der Waals surface area contributed by atoms with Gasteiger partial charge in [-0.25, -0.2) is 12.8 Å². The summed E-state index contributed by atoms with van der Waals surface area (Å²) in [5, 5.41) is 2.74. The highest BCUT2D eigenvalue weighted by atomic mass is 79.9. The largest absolute Gasteiger partial charge is 0.389 e. The van der Waals surface area contributed by atoms with Crippen molar-refractivity contribution in [2.75, 3.05) is 23.4 Å². The number of hydrogen-bond donors (Lipinski definition) is 2. The van der Waals surface area contributed by atoms with Gasteiger partial charge < -0.3 is 11.1 Å². The second-order valence-corrected chi connectivity index (χ2v) is 7.52. The van der Waals surface area contributed by atoms with Gasteiger partial charge in [0.25, 0.3) is 0 Å². The molecule has 1 rings (SSSR count). The number of halogens is 2. The zero-order valence-electron chi connectivity index (χ0n) is 10.2. The maximum absolute atomic E-state index is 14.0. The number of sulfone groups is 1. The smallest absolute Gasteiger partial charge is 0.161 e. The Labute approximate surface area is 125 Å². The maximum atomic E-state index is 14.0. The third-order valence-electron chi connectivity index (χ3n) is 2.52. The van der Waals surface area contributed by atoms with Crippen LogP contribution in [0.3, 0.4) is 0 Å². The summed E-state index contributed by atoms with van der Waals surface area (Å²) in [4.78, 5) is 0.0888. The Bertz CT molecular complexity index is 591. The number of benzene rings is 1. The topological polar surface area (TPSA) is 72.2 Å². The third-order valence-corrected chi connectivity index (χ3v) is 5.22. The first-order valence-electron chi connectivity index (χ1n) is 5.50. The van der Waals surface area contributed by atoms with Crippen molar-refractivity contribution in [1.82, 2.24) is 0 Å². The van der Waals surface area contributed by atoms with Gasteiger partial charge in [-0.05, 0) is 28.1 Å². The van der Waals surface area contributed by atoms with Crippen LogP contribution in [0.4, 0.5) is 10.1 Å². The zero-order valence-corrected chi connectivity index (χ0v) is 13.5. The van der Waals surface area contributed by atoms with Crippen LogP contribution in [0.15, 0.2) is 16.6 Å². The predicted molar refractivity (Wildman–Crippen MR) is 82.8 cm³/mol. The van der Waals surface area contributed by atoms with Gasteiger partial charge in [0.1, 0.15) is 4.99 Å². The molecule has 0 heterocycles. The summed E-state index contributed by atoms with van der Waals surface area (Å²) in [6.45, 7) is 1.72. The van der Waals surface area contributed by atoms with E-state index in [9.17, 15) is 12.8 Å². The van der Waals surface area contributed by atoms with Crippen LogP contribution in [0.25, 0.3) is 0 Å². The molecule has 106 valence electrons. The minimum atomic E-state index is -3.07. The molecular weight excluding hydrogens is 355 g/mol. The lowest BCUT2D eigenvalue weighted by atomic mass is 10.2. The minimum absolute atomic E-state index is 0.0440. The van der Waals surface area contributed by atoms with E-state index in [1.54, 1.807) is 13.0 Å². The number of nitrogens with one attached hydrogen (secondary N) is 1. The molecule has 0 atom stereocenters. The lowest BCUT2D eigenvalue weighted by molar-refractivity contribution is 0.597. The SMILES string of the molecule is CCS(=O)(=O)CCNc1ccc(C(N)=S)c(Br)c1F. The van der Waals surface area contributed by atoms with E-state index in [1.165, 1.54) is 6.07 Å². The number of thiocarbonyl (C=S) groups is 1. The molecule has 19 heavy (non-hydrogen) atoms. The zero-order chi connectivity index (χ0) is 14.6. The number of hydrogen-bond acceptors (Lipinski definition) is 4. The highest BCUT2D eigenvalue weighted by Gasteiger charge is 2.13. The first-order chi connectivity index (χ1) is 8.78. The van der Waals surface area contributed by atoms with Crippen molar-refractivity contribution in [3.05, 3.63) is 28.0 Å². The molecule has 4 nitrogen and oxygen atoms in total. The molecule has 0 aliphatic heterocycles. The highest BCUT2D eigenvalue weighted by molar-refractivity contribution is 9.10. The first kappa shape index (κ1) is 16.3. The van der Waals surface area contributed by atoms with Crippen LogP contribution in [0.5, 0.6) is 0 Å². The molecule has 3 N–H and O–H groups in total. The van der Waals surface area contributed by atoms with Gasteiger partial charge >= 0.3 is 0 Å². The normalized spacial score (nSPS) is 11.3. The van der Waals surface area contributed by atoms with Gasteiger partial charge in [0.2, 0.25) is 0 Å². The minimum Gasteiger partial charge on any atom is -0.389 e. The van der Waals surface area contributed by atoms with Crippen LogP contribution < -0.4 is 11.1 Å². The highest BCUT2D eigenvalue weighted by Crippen LogP contribution is 2.26. The molecule has 0 saturated carbocycles. The molecule has 8 heteroatoms. The van der Waals surface area contributed by atoms with Crippen LogP contribution in [0.2, 0.25) is 0 Å². The average Bonchev–Trinajstić information content (AvgIpc) is 2.34. The molecule has 0 spiro atoms. The third kappa shape index (κ3) is 4.39. The van der Waals surface area contributed by atoms with Gasteiger partial charge in [-0.2, -0.15) is 0 Å². The molecule has 0 radical (unpaired) electrons. The molecule has 0 aliphatic rings. The fourth-order valence-corrected chi connectivity index (χ4v) is 2.92. The van der Waals surface area contributed by atoms with Crippen LogP contribution in [0.1, 0.15) is 12.5 Å². The standard InChI is InChI=1S/C11H14BrFN2O2S2/c1-2-19(16,17)6-5-15-8-4-3-7(11(14)18)9(12)10(8)13/h3-4,15H,2,5-6H2,1H3,(H2,14,18). The lowest BCUT2D eigenvalue weighted by Gasteiger charge is -2.11. The van der Waals surface area contributed by atoms with E-state index in [0.717, 1.165) is 0 Å². The molecule has 1 aromatic rings. The van der Waals surface area contributed by atoms with E-state index in [4.69, 9.17) is 18.0 Å². The van der Waals surface area contributed by atoms with Gasteiger partial charge in [0, 0.05) is 17.9 Å². The van der Waals surface area contributed by atoms with E-state index in [1.807, 2.05) is 0 Å². The summed E-state index contributed by atoms with van der Waals surface area (Å²) in [6, 6.07) is 3.05. The molecule has 0 aliphatic carbocycles. The summed E-state index contributed by atoms with van der Waals surface area (Å²) >= 11 is 7.86. The fraction of sp³-hybridized carbons (Fsp3) is 0.364. The van der Waals surface area contributed by atoms with E-state index in [2.05, 4.69) is 21.2 Å². The summed E-state index contributed by atoms with van der Waals surface area (Å²) < 4.78 is 36.7. The van der Waals surface area contributed by atoms with Crippen LogP contribution in [-0.2, 0) is 9.84 Å². The maximum Gasteiger partial charge on any atom is 0.161 e. The Balaban J connectivity index is 2.82. The Morgan fingerprint density at radius 1 is 1.53 bits per heavy atom. The average molecular weight is 369 g/mol. The van der Waals surface area contributed by atoms with Gasteiger partial charge in [0.15, 0.2) is 15.7 Å². The molecule has 0 unspecified atom stereocenters. The summed E-state index contributed by atoms with van der Waals surface area (Å²) in [5.41, 5.74) is 6.05. The van der Waals surface area contributed by atoms with Gasteiger partial charge in [-0.15, -0.1) is 0 Å². The van der Waals surface area contributed by atoms with Gasteiger partial charge in [0.05, 0.1) is 15.9 Å². The van der Waals surface area contributed by atoms with Crippen molar-refractivity contribution in [3.8, 4) is 0 Å². The van der Waals surface area contributed by atoms with E-state index >= 15 is 0 Å². The molecular formula is C11H14BrFN2O2S2. The van der Waals surface area contributed by atoms with Crippen LogP contribution >= 0.6 is 28.1 Å². The summed E-state index contributed by atoms with van der Waals surface area (Å²) in [7, 11) is -3.07. The number of rotatable bonds is 6. The van der Waals surface area contributed by atoms with Crippen molar-refractivity contribution in [3.63, 3.8) is 0 Å². The molecule has 0 fully saturated rings. The van der Waals surface area contributed by atoms with E-state index in [0.29, 0.717) is 5.56 Å². The molecule has 0 amide bonds. The van der Waals surface area contributed by atoms with E-state index < -0.39 is 15.7 Å². The quantitative estimate of drug-likeness (QED) is 0.752. The summed E-state index contributed by atoms with van der Waals surface area (Å²) in [6.07, 6.45) is 0. The van der Waals surface area contributed by atoms with Gasteiger partial charge in [-0.1, -0.05) is 19.1 Å². The van der Waals surface area contributed by atoms with Crippen molar-refractivity contribution in [2.45, 2.75) is 6.92 Å². The molecule has 1 aromatic carbocycles. The second-order valence-electron chi connectivity index (χ2n) is 3.82. The van der Waals surface area contributed by atoms with Crippen LogP contribution in [-0.4, -0.2) is 31.5 Å². The second kappa shape index (κ2) is 6.62. The Morgan fingerprint density at radius 3 is 2.68 bits per heavy atom. The fourth-order valence-electron chi connectivity index (χ4n) is 1.36. The van der Waals surface area contributed by atoms with Gasteiger partial charge in [-0.3, -0.25) is 0 Å². The summed E-state index contributed by atoms with van der Waals surface area (Å²) in [5.74, 6) is -0.516. The Hall–Kier alpha value is -0.730. The monoisotopic (exact) mass is 368 g/mol. The Kier molecular flexibility index (Phi) is 5.69. The van der Waals surface area contributed by atoms with Crippen molar-refractivity contribution >= 4 is 48.7 Å².